The van der Waals surface area contributed by atoms with Crippen molar-refractivity contribution in [3.8, 4) is 0 Å². The molecule has 6 atom stereocenters. The molecule has 5 aliphatic rings. The smallest absolute Gasteiger partial charge is 0.0495 e. The summed E-state index contributed by atoms with van der Waals surface area (Å²) in [6, 6.07) is 0. The molecule has 1 nitrogen and oxygen atoms in total. The number of aliphatic hydroxyl groups excluding tert-OH is 1. The van der Waals surface area contributed by atoms with Crippen LogP contribution in [0.2, 0.25) is 0 Å². The van der Waals surface area contributed by atoms with E-state index in [0.717, 1.165) is 29.6 Å². The Balaban J connectivity index is 1.84. The lowest BCUT2D eigenvalue weighted by atomic mass is 9.65. The molecule has 0 spiro atoms. The Hall–Kier alpha value is -0.0400. The molecule has 0 saturated heterocycles. The zero-order valence-electron chi connectivity index (χ0n) is 7.37. The van der Waals surface area contributed by atoms with Crippen molar-refractivity contribution in [2.75, 3.05) is 6.61 Å². The van der Waals surface area contributed by atoms with Gasteiger partial charge < -0.3 is 5.11 Å². The van der Waals surface area contributed by atoms with Crippen LogP contribution in [0.5, 0.6) is 0 Å². The average Bonchev–Trinajstić information content (AvgIpc) is 2.68. The van der Waals surface area contributed by atoms with Crippen LogP contribution in [0, 0.1) is 35.0 Å². The maximum Gasteiger partial charge on any atom is 0.0495 e. The Kier molecular flexibility index (Phi) is 0.863. The van der Waals surface area contributed by atoms with Gasteiger partial charge in [0.05, 0.1) is 0 Å². The van der Waals surface area contributed by atoms with Crippen LogP contribution >= 0.6 is 0 Å². The molecule has 0 aliphatic heterocycles. The van der Waals surface area contributed by atoms with Gasteiger partial charge in [0, 0.05) is 12.0 Å². The van der Waals surface area contributed by atoms with E-state index in [-0.39, 0.29) is 0 Å². The number of hydrogen-bond donors (Lipinski definition) is 1. The highest BCUT2D eigenvalue weighted by atomic mass is 16.3. The molecular formula is C11H16O. The second-order valence-corrected chi connectivity index (χ2v) is 5.67. The van der Waals surface area contributed by atoms with Crippen LogP contribution in [-0.2, 0) is 0 Å². The van der Waals surface area contributed by atoms with Crippen molar-refractivity contribution < 1.29 is 5.11 Å². The Morgan fingerprint density at radius 1 is 1.17 bits per heavy atom. The molecule has 5 saturated carbocycles. The molecule has 0 aromatic carbocycles. The quantitative estimate of drug-likeness (QED) is 0.625. The van der Waals surface area contributed by atoms with E-state index in [1.165, 1.54) is 25.7 Å². The van der Waals surface area contributed by atoms with Crippen molar-refractivity contribution in [3.63, 3.8) is 0 Å². The Labute approximate surface area is 73.2 Å². The molecule has 1 heteroatoms. The zero-order valence-corrected chi connectivity index (χ0v) is 7.37. The van der Waals surface area contributed by atoms with E-state index in [1.807, 2.05) is 0 Å². The zero-order chi connectivity index (χ0) is 7.92. The van der Waals surface area contributed by atoms with Gasteiger partial charge in [0.1, 0.15) is 0 Å². The molecule has 0 heterocycles. The molecule has 6 unspecified atom stereocenters. The summed E-state index contributed by atoms with van der Waals surface area (Å²) in [5, 5.41) is 9.51. The van der Waals surface area contributed by atoms with Crippen LogP contribution in [0.1, 0.15) is 25.7 Å². The van der Waals surface area contributed by atoms with Crippen molar-refractivity contribution in [1.29, 1.82) is 0 Å². The Morgan fingerprint density at radius 2 is 2.08 bits per heavy atom. The van der Waals surface area contributed by atoms with Gasteiger partial charge in [-0.05, 0) is 55.3 Å². The van der Waals surface area contributed by atoms with E-state index in [4.69, 9.17) is 0 Å². The van der Waals surface area contributed by atoms with Crippen molar-refractivity contribution in [2.45, 2.75) is 25.7 Å². The third-order valence-electron chi connectivity index (χ3n) is 5.61. The summed E-state index contributed by atoms with van der Waals surface area (Å²) in [6.45, 7) is 0.510. The summed E-state index contributed by atoms with van der Waals surface area (Å²) in [5.41, 5.74) is 0.484. The van der Waals surface area contributed by atoms with Gasteiger partial charge in [-0.15, -0.1) is 0 Å². The van der Waals surface area contributed by atoms with E-state index >= 15 is 0 Å². The van der Waals surface area contributed by atoms with Gasteiger partial charge in [-0.1, -0.05) is 0 Å². The second-order valence-electron chi connectivity index (χ2n) is 5.67. The summed E-state index contributed by atoms with van der Waals surface area (Å²) in [7, 11) is 0. The molecule has 5 aliphatic carbocycles. The molecule has 66 valence electrons. The number of hydrogen-bond acceptors (Lipinski definition) is 1. The molecule has 5 fully saturated rings. The fourth-order valence-electron chi connectivity index (χ4n) is 5.40. The highest BCUT2D eigenvalue weighted by Gasteiger charge is 2.77. The lowest BCUT2D eigenvalue weighted by Gasteiger charge is -2.40. The summed E-state index contributed by atoms with van der Waals surface area (Å²) in [6.07, 6.45) is 5.92. The fourth-order valence-corrected chi connectivity index (χ4v) is 5.40. The average molecular weight is 164 g/mol. The first-order valence-electron chi connectivity index (χ1n) is 5.47. The third kappa shape index (κ3) is 0.433. The topological polar surface area (TPSA) is 20.2 Å². The van der Waals surface area contributed by atoms with Gasteiger partial charge in [0.25, 0.3) is 0 Å². The summed E-state index contributed by atoms with van der Waals surface area (Å²) >= 11 is 0. The van der Waals surface area contributed by atoms with E-state index in [1.54, 1.807) is 0 Å². The lowest BCUT2D eigenvalue weighted by molar-refractivity contribution is 0.0637. The highest BCUT2D eigenvalue weighted by molar-refractivity contribution is 5.25. The minimum atomic E-state index is 0.484. The van der Waals surface area contributed by atoms with Gasteiger partial charge in [-0.3, -0.25) is 0 Å². The first-order chi connectivity index (χ1) is 5.86. The van der Waals surface area contributed by atoms with Crippen LogP contribution in [0.25, 0.3) is 0 Å². The van der Waals surface area contributed by atoms with Gasteiger partial charge in [-0.2, -0.15) is 0 Å². The fraction of sp³-hybridized carbons (Fsp3) is 1.00. The van der Waals surface area contributed by atoms with Crippen molar-refractivity contribution in [1.82, 2.24) is 0 Å². The van der Waals surface area contributed by atoms with Crippen molar-refractivity contribution in [2.24, 2.45) is 35.0 Å². The molecule has 4 bridgehead atoms. The van der Waals surface area contributed by atoms with Crippen LogP contribution in [0.3, 0.4) is 0 Å². The monoisotopic (exact) mass is 164 g/mol. The Morgan fingerprint density at radius 3 is 2.83 bits per heavy atom. The maximum absolute atomic E-state index is 9.51. The second kappa shape index (κ2) is 1.61. The van der Waals surface area contributed by atoms with Gasteiger partial charge in [0.15, 0.2) is 0 Å². The van der Waals surface area contributed by atoms with E-state index in [9.17, 15) is 5.11 Å². The van der Waals surface area contributed by atoms with Gasteiger partial charge in [-0.25, -0.2) is 0 Å². The van der Waals surface area contributed by atoms with Crippen LogP contribution < -0.4 is 0 Å². The van der Waals surface area contributed by atoms with E-state index in [0.29, 0.717) is 12.0 Å². The molecule has 12 heavy (non-hydrogen) atoms. The highest BCUT2D eigenvalue weighted by Crippen LogP contribution is 2.81. The summed E-state index contributed by atoms with van der Waals surface area (Å²) in [4.78, 5) is 0. The van der Waals surface area contributed by atoms with Crippen LogP contribution in [-0.4, -0.2) is 11.7 Å². The van der Waals surface area contributed by atoms with Crippen molar-refractivity contribution in [3.05, 3.63) is 0 Å². The van der Waals surface area contributed by atoms with E-state index < -0.39 is 0 Å². The predicted octanol–water partition coefficient (Wildman–Crippen LogP) is 1.66. The molecule has 5 rings (SSSR count). The van der Waals surface area contributed by atoms with Gasteiger partial charge in [0.2, 0.25) is 0 Å². The molecule has 0 amide bonds. The lowest BCUT2D eigenvalue weighted by Crippen LogP contribution is -2.33. The SMILES string of the molecule is OCC12C3CC4CC(C3)C1C2C4. The maximum atomic E-state index is 9.51. The molecular weight excluding hydrogens is 148 g/mol. The number of rotatable bonds is 1. The molecule has 0 aromatic rings. The normalized spacial score (nSPS) is 70.2. The third-order valence-corrected chi connectivity index (χ3v) is 5.61. The molecule has 0 aromatic heterocycles. The largest absolute Gasteiger partial charge is 0.396 e. The number of aliphatic hydroxyl groups is 1. The Bertz CT molecular complexity index is 245. The minimum Gasteiger partial charge on any atom is -0.396 e. The minimum absolute atomic E-state index is 0.484. The van der Waals surface area contributed by atoms with Crippen LogP contribution in [0.15, 0.2) is 0 Å². The van der Waals surface area contributed by atoms with Crippen molar-refractivity contribution >= 4 is 0 Å². The summed E-state index contributed by atoms with van der Waals surface area (Å²) < 4.78 is 0. The first kappa shape index (κ1) is 6.42. The standard InChI is InChI=1S/C11H16O/c12-5-11-8-2-6-1-7(4-8)10(11)9(11)3-6/h6-10,12H,1-5H2. The van der Waals surface area contributed by atoms with Crippen LogP contribution in [0.4, 0.5) is 0 Å². The first-order valence-corrected chi connectivity index (χ1v) is 5.47. The summed E-state index contributed by atoms with van der Waals surface area (Å²) in [5.74, 6) is 5.00. The van der Waals surface area contributed by atoms with Gasteiger partial charge >= 0.3 is 0 Å². The molecule has 1 N–H and O–H groups in total. The predicted molar refractivity (Wildman–Crippen MR) is 45.4 cm³/mol. The molecule has 0 radical (unpaired) electrons. The van der Waals surface area contributed by atoms with E-state index in [2.05, 4.69) is 0 Å².